The van der Waals surface area contributed by atoms with Crippen LogP contribution in [0.3, 0.4) is 0 Å². The topological polar surface area (TPSA) is 69.2 Å². The molecule has 0 saturated heterocycles. The smallest absolute Gasteiger partial charge is 0.234 e. The van der Waals surface area contributed by atoms with E-state index in [1.54, 1.807) is 6.92 Å². The minimum Gasteiger partial charge on any atom is -0.548 e. The van der Waals surface area contributed by atoms with Crippen LogP contribution >= 0.6 is 15.9 Å². The molecule has 0 saturated carbocycles. The van der Waals surface area contributed by atoms with Crippen molar-refractivity contribution in [3.63, 3.8) is 0 Å². The standard InChI is InChI=1S/C6H10BrNO3/c1-3(7)5(9)8-4(2)6(10)11/h3-4H,1-2H3,(H,8,9)(H,10,11)/p-1/t3-,4+/m0/s1. The Balaban J connectivity index is 3.85. The van der Waals surface area contributed by atoms with Gasteiger partial charge in [-0.1, -0.05) is 15.9 Å². The zero-order valence-electron chi connectivity index (χ0n) is 6.26. The fourth-order valence-electron chi connectivity index (χ4n) is 0.387. The molecule has 0 aromatic rings. The van der Waals surface area contributed by atoms with E-state index in [0.717, 1.165) is 0 Å². The van der Waals surface area contributed by atoms with Crippen molar-refractivity contribution in [1.82, 2.24) is 5.32 Å². The summed E-state index contributed by atoms with van der Waals surface area (Å²) in [4.78, 5) is 20.5. The molecular formula is C6H9BrNO3-. The Labute approximate surface area is 73.1 Å². The minimum absolute atomic E-state index is 0.360. The number of carboxylic acids is 1. The van der Waals surface area contributed by atoms with Gasteiger partial charge in [0.05, 0.1) is 16.8 Å². The first kappa shape index (κ1) is 10.4. The number of carbonyl (C=O) groups excluding carboxylic acids is 2. The van der Waals surface area contributed by atoms with Crippen molar-refractivity contribution in [2.75, 3.05) is 0 Å². The molecule has 0 aliphatic heterocycles. The van der Waals surface area contributed by atoms with Crippen LogP contribution in [0.4, 0.5) is 0 Å². The van der Waals surface area contributed by atoms with Crippen molar-refractivity contribution in [2.45, 2.75) is 24.7 Å². The molecule has 2 atom stereocenters. The Morgan fingerprint density at radius 3 is 2.18 bits per heavy atom. The number of aliphatic carboxylic acids is 1. The first-order valence-electron chi connectivity index (χ1n) is 3.10. The van der Waals surface area contributed by atoms with E-state index in [9.17, 15) is 14.7 Å². The average Bonchev–Trinajstić information content (AvgIpc) is 1.87. The van der Waals surface area contributed by atoms with Crippen LogP contribution in [-0.2, 0) is 9.59 Å². The molecular weight excluding hydrogens is 214 g/mol. The maximum atomic E-state index is 10.8. The van der Waals surface area contributed by atoms with Crippen LogP contribution in [0.2, 0.25) is 0 Å². The highest BCUT2D eigenvalue weighted by Gasteiger charge is 2.11. The maximum absolute atomic E-state index is 10.8. The molecule has 0 radical (unpaired) electrons. The number of alkyl halides is 1. The number of hydrogen-bond acceptors (Lipinski definition) is 3. The summed E-state index contributed by atoms with van der Waals surface area (Å²) in [6.45, 7) is 2.96. The molecule has 0 rings (SSSR count). The van der Waals surface area contributed by atoms with Gasteiger partial charge in [-0.15, -0.1) is 0 Å². The molecule has 0 heterocycles. The molecule has 0 spiro atoms. The third-order valence-corrected chi connectivity index (χ3v) is 1.49. The molecule has 64 valence electrons. The largest absolute Gasteiger partial charge is 0.548 e. The third-order valence-electron chi connectivity index (χ3n) is 1.07. The zero-order chi connectivity index (χ0) is 9.02. The second-order valence-corrected chi connectivity index (χ2v) is 3.54. The van der Waals surface area contributed by atoms with Crippen LogP contribution in [0.15, 0.2) is 0 Å². The van der Waals surface area contributed by atoms with E-state index in [0.29, 0.717) is 0 Å². The quantitative estimate of drug-likeness (QED) is 0.625. The summed E-state index contributed by atoms with van der Waals surface area (Å²) in [6, 6.07) is -0.942. The second kappa shape index (κ2) is 4.33. The molecule has 4 nitrogen and oxygen atoms in total. The summed E-state index contributed by atoms with van der Waals surface area (Å²) in [6.07, 6.45) is 0. The molecule has 11 heavy (non-hydrogen) atoms. The predicted molar refractivity (Wildman–Crippen MR) is 41.0 cm³/mol. The Morgan fingerprint density at radius 1 is 1.45 bits per heavy atom. The van der Waals surface area contributed by atoms with Crippen LogP contribution in [0.5, 0.6) is 0 Å². The minimum atomic E-state index is -1.29. The first-order valence-corrected chi connectivity index (χ1v) is 4.02. The summed E-state index contributed by atoms with van der Waals surface area (Å²) >= 11 is 2.99. The maximum Gasteiger partial charge on any atom is 0.234 e. The molecule has 1 amide bonds. The summed E-state index contributed by atoms with van der Waals surface area (Å²) in [7, 11) is 0. The fourth-order valence-corrected chi connectivity index (χ4v) is 0.519. The molecule has 1 N–H and O–H groups in total. The van der Waals surface area contributed by atoms with E-state index in [4.69, 9.17) is 0 Å². The van der Waals surface area contributed by atoms with Gasteiger partial charge in [0.25, 0.3) is 0 Å². The lowest BCUT2D eigenvalue weighted by atomic mass is 10.3. The molecule has 0 aromatic carbocycles. The van der Waals surface area contributed by atoms with E-state index >= 15 is 0 Å². The lowest BCUT2D eigenvalue weighted by Crippen LogP contribution is -2.47. The molecule has 0 aliphatic carbocycles. The third kappa shape index (κ3) is 3.98. The SMILES string of the molecule is C[C@H](Br)C(=O)N[C@H](C)C(=O)[O-]. The van der Waals surface area contributed by atoms with E-state index in [-0.39, 0.29) is 10.7 Å². The van der Waals surface area contributed by atoms with Gasteiger partial charge in [0.15, 0.2) is 0 Å². The van der Waals surface area contributed by atoms with Gasteiger partial charge in [0, 0.05) is 0 Å². The highest BCUT2D eigenvalue weighted by Crippen LogP contribution is 1.96. The number of nitrogens with one attached hydrogen (secondary N) is 1. The fraction of sp³-hybridized carbons (Fsp3) is 0.667. The average molecular weight is 223 g/mol. The van der Waals surface area contributed by atoms with Crippen molar-refractivity contribution in [3.8, 4) is 0 Å². The van der Waals surface area contributed by atoms with E-state index < -0.39 is 12.0 Å². The Kier molecular flexibility index (Phi) is 4.10. The van der Waals surface area contributed by atoms with Gasteiger partial charge in [-0.25, -0.2) is 0 Å². The lowest BCUT2D eigenvalue weighted by molar-refractivity contribution is -0.307. The van der Waals surface area contributed by atoms with Gasteiger partial charge in [0.2, 0.25) is 5.91 Å². The van der Waals surface area contributed by atoms with Crippen molar-refractivity contribution >= 4 is 27.8 Å². The van der Waals surface area contributed by atoms with Crippen LogP contribution in [0, 0.1) is 0 Å². The zero-order valence-corrected chi connectivity index (χ0v) is 7.84. The Bertz CT molecular complexity index is 169. The normalized spacial score (nSPS) is 15.2. The number of halogens is 1. The van der Waals surface area contributed by atoms with Gasteiger partial charge in [0.1, 0.15) is 0 Å². The van der Waals surface area contributed by atoms with Crippen molar-refractivity contribution in [3.05, 3.63) is 0 Å². The second-order valence-electron chi connectivity index (χ2n) is 2.17. The monoisotopic (exact) mass is 222 g/mol. The van der Waals surface area contributed by atoms with Crippen molar-refractivity contribution in [1.29, 1.82) is 0 Å². The molecule has 5 heteroatoms. The number of rotatable bonds is 3. The molecule has 0 bridgehead atoms. The lowest BCUT2D eigenvalue weighted by Gasteiger charge is -2.15. The molecule has 0 unspecified atom stereocenters. The number of carbonyl (C=O) groups is 2. The number of amides is 1. The van der Waals surface area contributed by atoms with Crippen molar-refractivity contribution in [2.24, 2.45) is 0 Å². The highest BCUT2D eigenvalue weighted by molar-refractivity contribution is 9.10. The van der Waals surface area contributed by atoms with Crippen LogP contribution in [0.1, 0.15) is 13.8 Å². The number of hydrogen-bond donors (Lipinski definition) is 1. The summed E-state index contributed by atoms with van der Waals surface area (Å²) in [5.74, 6) is -1.65. The van der Waals surface area contributed by atoms with E-state index in [1.165, 1.54) is 6.92 Å². The molecule has 0 fully saturated rings. The van der Waals surface area contributed by atoms with E-state index in [2.05, 4.69) is 21.2 Å². The van der Waals surface area contributed by atoms with Crippen molar-refractivity contribution < 1.29 is 14.7 Å². The van der Waals surface area contributed by atoms with Gasteiger partial charge < -0.3 is 15.2 Å². The summed E-state index contributed by atoms with van der Waals surface area (Å²) in [5.41, 5.74) is 0. The van der Waals surface area contributed by atoms with Gasteiger partial charge >= 0.3 is 0 Å². The van der Waals surface area contributed by atoms with Crippen LogP contribution in [-0.4, -0.2) is 22.7 Å². The first-order chi connectivity index (χ1) is 4.95. The summed E-state index contributed by atoms with van der Waals surface area (Å²) in [5, 5.41) is 12.3. The van der Waals surface area contributed by atoms with E-state index in [1.807, 2.05) is 0 Å². The van der Waals surface area contributed by atoms with Crippen LogP contribution < -0.4 is 10.4 Å². The van der Waals surface area contributed by atoms with Gasteiger partial charge in [-0.3, -0.25) is 4.79 Å². The van der Waals surface area contributed by atoms with Gasteiger partial charge in [-0.2, -0.15) is 0 Å². The predicted octanol–water partition coefficient (Wildman–Crippen LogP) is -0.976. The summed E-state index contributed by atoms with van der Waals surface area (Å²) < 4.78 is 0. The Hall–Kier alpha value is -0.580. The molecule has 0 aromatic heterocycles. The van der Waals surface area contributed by atoms with Crippen LogP contribution in [0.25, 0.3) is 0 Å². The Morgan fingerprint density at radius 2 is 1.91 bits per heavy atom. The molecule has 0 aliphatic rings. The number of carboxylic acid groups (broad SMARTS) is 1. The highest BCUT2D eigenvalue weighted by atomic mass is 79.9. The van der Waals surface area contributed by atoms with Gasteiger partial charge in [-0.05, 0) is 13.8 Å².